The molecular formula is C19H15FN4OS. The molecule has 0 unspecified atom stereocenters. The molecule has 0 spiro atoms. The summed E-state index contributed by atoms with van der Waals surface area (Å²) in [5.41, 5.74) is 3.19. The zero-order chi connectivity index (χ0) is 18.1. The van der Waals surface area contributed by atoms with E-state index in [-0.39, 0.29) is 11.4 Å². The lowest BCUT2D eigenvalue weighted by Crippen LogP contribution is -2.09. The molecule has 0 fully saturated rings. The second-order valence-electron chi connectivity index (χ2n) is 5.92. The van der Waals surface area contributed by atoms with Gasteiger partial charge >= 0.3 is 0 Å². The number of rotatable bonds is 4. The molecule has 0 amide bonds. The normalized spacial score (nSPS) is 11.2. The summed E-state index contributed by atoms with van der Waals surface area (Å²) >= 11 is 1.39. The molecule has 1 N–H and O–H groups in total. The monoisotopic (exact) mass is 366 g/mol. The van der Waals surface area contributed by atoms with Crippen molar-refractivity contribution in [2.24, 2.45) is 0 Å². The summed E-state index contributed by atoms with van der Waals surface area (Å²) in [6.07, 6.45) is 1.53. The molecule has 0 atom stereocenters. The van der Waals surface area contributed by atoms with Crippen molar-refractivity contribution in [1.29, 1.82) is 0 Å². The summed E-state index contributed by atoms with van der Waals surface area (Å²) < 4.78 is 14.7. The van der Waals surface area contributed by atoms with Gasteiger partial charge in [-0.05, 0) is 42.3 Å². The standard InChI is InChI=1S/C19H15FN4OS/c1-12-3-2-4-15(9-12)24-17-16(10-21-24)18(25)23-19(22-17)26-11-13-5-7-14(20)8-6-13/h2-10H,11H2,1H3,(H,22,23,25). The average Bonchev–Trinajstić information content (AvgIpc) is 3.06. The van der Waals surface area contributed by atoms with Crippen molar-refractivity contribution in [3.05, 3.63) is 82.0 Å². The fraction of sp³-hybridized carbons (Fsp3) is 0.105. The minimum atomic E-state index is -0.270. The highest BCUT2D eigenvalue weighted by Crippen LogP contribution is 2.21. The minimum Gasteiger partial charge on any atom is -0.301 e. The first-order chi connectivity index (χ1) is 12.6. The number of hydrogen-bond donors (Lipinski definition) is 1. The largest absolute Gasteiger partial charge is 0.301 e. The van der Waals surface area contributed by atoms with Gasteiger partial charge in [0.1, 0.15) is 11.2 Å². The van der Waals surface area contributed by atoms with Gasteiger partial charge in [-0.2, -0.15) is 5.10 Å². The van der Waals surface area contributed by atoms with E-state index in [4.69, 9.17) is 0 Å². The Morgan fingerprint density at radius 1 is 1.19 bits per heavy atom. The second kappa shape index (κ2) is 6.76. The zero-order valence-electron chi connectivity index (χ0n) is 13.9. The minimum absolute atomic E-state index is 0.226. The van der Waals surface area contributed by atoms with Gasteiger partial charge in [0.05, 0.1) is 11.9 Å². The molecule has 7 heteroatoms. The summed E-state index contributed by atoms with van der Waals surface area (Å²) in [7, 11) is 0. The van der Waals surface area contributed by atoms with Crippen molar-refractivity contribution in [3.63, 3.8) is 0 Å². The number of aryl methyl sites for hydroxylation is 1. The summed E-state index contributed by atoms with van der Waals surface area (Å²) in [4.78, 5) is 19.7. The van der Waals surface area contributed by atoms with Crippen LogP contribution in [0.2, 0.25) is 0 Å². The summed E-state index contributed by atoms with van der Waals surface area (Å²) in [5.74, 6) is 0.307. The molecule has 5 nitrogen and oxygen atoms in total. The van der Waals surface area contributed by atoms with E-state index in [2.05, 4.69) is 15.1 Å². The van der Waals surface area contributed by atoms with Crippen molar-refractivity contribution in [2.45, 2.75) is 17.8 Å². The van der Waals surface area contributed by atoms with E-state index < -0.39 is 0 Å². The zero-order valence-corrected chi connectivity index (χ0v) is 14.8. The lowest BCUT2D eigenvalue weighted by atomic mass is 10.2. The molecular weight excluding hydrogens is 351 g/mol. The Balaban J connectivity index is 1.69. The Labute approximate surface area is 152 Å². The molecule has 0 aliphatic heterocycles. The molecule has 2 aromatic heterocycles. The summed E-state index contributed by atoms with van der Waals surface area (Å²) in [6.45, 7) is 2.00. The first kappa shape index (κ1) is 16.5. The van der Waals surface area contributed by atoms with Gasteiger partial charge in [-0.25, -0.2) is 14.1 Å². The van der Waals surface area contributed by atoms with Gasteiger partial charge < -0.3 is 4.98 Å². The van der Waals surface area contributed by atoms with Crippen molar-refractivity contribution >= 4 is 22.8 Å². The topological polar surface area (TPSA) is 63.6 Å². The third-order valence-electron chi connectivity index (χ3n) is 3.95. The molecule has 2 aromatic carbocycles. The van der Waals surface area contributed by atoms with E-state index in [9.17, 15) is 9.18 Å². The molecule has 4 aromatic rings. The maximum atomic E-state index is 13.0. The highest BCUT2D eigenvalue weighted by atomic mass is 32.2. The molecule has 0 aliphatic carbocycles. The Bertz CT molecular complexity index is 1130. The van der Waals surface area contributed by atoms with Crippen molar-refractivity contribution in [1.82, 2.24) is 19.7 Å². The lowest BCUT2D eigenvalue weighted by molar-refractivity contribution is 0.627. The molecule has 0 aliphatic rings. The number of H-pyrrole nitrogens is 1. The van der Waals surface area contributed by atoms with E-state index in [0.717, 1.165) is 16.8 Å². The van der Waals surface area contributed by atoms with Gasteiger partial charge in [0, 0.05) is 5.75 Å². The van der Waals surface area contributed by atoms with Gasteiger partial charge in [0.25, 0.3) is 5.56 Å². The quantitative estimate of drug-likeness (QED) is 0.440. The van der Waals surface area contributed by atoms with Crippen LogP contribution in [0.5, 0.6) is 0 Å². The highest BCUT2D eigenvalue weighted by Gasteiger charge is 2.12. The molecule has 0 bridgehead atoms. The molecule has 0 saturated carbocycles. The van der Waals surface area contributed by atoms with E-state index >= 15 is 0 Å². The lowest BCUT2D eigenvalue weighted by Gasteiger charge is -2.05. The van der Waals surface area contributed by atoms with Crippen LogP contribution < -0.4 is 5.56 Å². The molecule has 26 heavy (non-hydrogen) atoms. The third-order valence-corrected chi connectivity index (χ3v) is 4.90. The number of nitrogens with one attached hydrogen (secondary N) is 1. The van der Waals surface area contributed by atoms with Crippen LogP contribution in [0.3, 0.4) is 0 Å². The molecule has 0 saturated heterocycles. The van der Waals surface area contributed by atoms with Gasteiger partial charge in [-0.1, -0.05) is 36.0 Å². The smallest absolute Gasteiger partial charge is 0.262 e. The summed E-state index contributed by atoms with van der Waals surface area (Å²) in [6, 6.07) is 14.1. The van der Waals surface area contributed by atoms with Crippen LogP contribution in [0.15, 0.2) is 64.7 Å². The predicted molar refractivity (Wildman–Crippen MR) is 100 cm³/mol. The number of thioether (sulfide) groups is 1. The van der Waals surface area contributed by atoms with Crippen LogP contribution >= 0.6 is 11.8 Å². The van der Waals surface area contributed by atoms with Crippen molar-refractivity contribution in [3.8, 4) is 5.69 Å². The second-order valence-corrected chi connectivity index (χ2v) is 6.88. The maximum Gasteiger partial charge on any atom is 0.262 e. The van der Waals surface area contributed by atoms with E-state index in [0.29, 0.717) is 21.9 Å². The van der Waals surface area contributed by atoms with E-state index in [1.54, 1.807) is 16.8 Å². The fourth-order valence-corrected chi connectivity index (χ4v) is 3.46. The third kappa shape index (κ3) is 3.25. The Morgan fingerprint density at radius 3 is 2.77 bits per heavy atom. The summed E-state index contributed by atoms with van der Waals surface area (Å²) in [5, 5.41) is 5.26. The van der Waals surface area contributed by atoms with Crippen molar-refractivity contribution < 1.29 is 4.39 Å². The van der Waals surface area contributed by atoms with Gasteiger partial charge in [-0.15, -0.1) is 0 Å². The van der Waals surface area contributed by atoms with Gasteiger partial charge in [-0.3, -0.25) is 4.79 Å². The first-order valence-corrected chi connectivity index (χ1v) is 9.01. The van der Waals surface area contributed by atoms with Crippen molar-refractivity contribution in [2.75, 3.05) is 0 Å². The Kier molecular flexibility index (Phi) is 4.30. The predicted octanol–water partition coefficient (Wildman–Crippen LogP) is 3.85. The SMILES string of the molecule is Cc1cccc(-n2ncc3c(=O)[nH]c(SCc4ccc(F)cc4)nc32)c1. The van der Waals surface area contributed by atoms with Crippen LogP contribution in [0.1, 0.15) is 11.1 Å². The van der Waals surface area contributed by atoms with Crippen LogP contribution in [0.4, 0.5) is 4.39 Å². The van der Waals surface area contributed by atoms with Crippen LogP contribution in [-0.4, -0.2) is 19.7 Å². The number of halogens is 1. The Hall–Kier alpha value is -2.93. The Morgan fingerprint density at radius 2 is 2.00 bits per heavy atom. The average molecular weight is 366 g/mol. The fourth-order valence-electron chi connectivity index (χ4n) is 2.65. The molecule has 4 rings (SSSR count). The van der Waals surface area contributed by atoms with Crippen LogP contribution in [0.25, 0.3) is 16.7 Å². The number of hydrogen-bond acceptors (Lipinski definition) is 4. The first-order valence-electron chi connectivity index (χ1n) is 8.02. The number of aromatic amines is 1. The van der Waals surface area contributed by atoms with E-state index in [1.165, 1.54) is 30.1 Å². The molecule has 130 valence electrons. The number of benzene rings is 2. The van der Waals surface area contributed by atoms with E-state index in [1.807, 2.05) is 31.2 Å². The van der Waals surface area contributed by atoms with Gasteiger partial charge in [0.15, 0.2) is 10.8 Å². The number of fused-ring (bicyclic) bond motifs is 1. The van der Waals surface area contributed by atoms with Crippen LogP contribution in [0, 0.1) is 12.7 Å². The number of nitrogens with zero attached hydrogens (tertiary/aromatic N) is 3. The van der Waals surface area contributed by atoms with Crippen LogP contribution in [-0.2, 0) is 5.75 Å². The van der Waals surface area contributed by atoms with Gasteiger partial charge in [0.2, 0.25) is 0 Å². The molecule has 0 radical (unpaired) electrons. The maximum absolute atomic E-state index is 13.0. The number of aromatic nitrogens is 4. The molecule has 2 heterocycles. The highest BCUT2D eigenvalue weighted by molar-refractivity contribution is 7.98.